The van der Waals surface area contributed by atoms with Crippen LogP contribution in [-0.4, -0.2) is 44.2 Å². The number of piperazine rings is 1. The summed E-state index contributed by atoms with van der Waals surface area (Å²) in [5.74, 6) is 0. The molecule has 1 N–H and O–H groups in total. The van der Waals surface area contributed by atoms with E-state index in [4.69, 9.17) is 0 Å². The van der Waals surface area contributed by atoms with E-state index in [1.165, 1.54) is 43.6 Å². The Kier molecular flexibility index (Phi) is 12.6. The van der Waals surface area contributed by atoms with E-state index in [1.54, 1.807) is 0 Å². The maximum absolute atomic E-state index is 3.47. The van der Waals surface area contributed by atoms with Gasteiger partial charge in [0.1, 0.15) is 0 Å². The number of nitrogens with zero attached hydrogens (tertiary/aromatic N) is 2. The molecule has 0 aliphatic carbocycles. The Bertz CT molecular complexity index is 415. The van der Waals surface area contributed by atoms with Crippen LogP contribution < -0.4 is 10.2 Å². The molecule has 0 aromatic heterocycles. The first kappa shape index (κ1) is 23.5. The van der Waals surface area contributed by atoms with E-state index in [2.05, 4.69) is 60.2 Å². The second-order valence-electron chi connectivity index (χ2n) is 6.21. The Morgan fingerprint density at radius 1 is 1.00 bits per heavy atom. The minimum atomic E-state index is 0. The number of benzene rings is 1. The highest BCUT2D eigenvalue weighted by Crippen LogP contribution is 2.28. The van der Waals surface area contributed by atoms with E-state index in [0.29, 0.717) is 6.04 Å². The average molecular weight is 376 g/mol. The topological polar surface area (TPSA) is 18.5 Å². The number of rotatable bonds is 8. The Labute approximate surface area is 161 Å². The Balaban J connectivity index is 0.00000264. The molecule has 1 heterocycles. The van der Waals surface area contributed by atoms with Crippen LogP contribution in [0.3, 0.4) is 0 Å². The van der Waals surface area contributed by atoms with Crippen LogP contribution in [0.25, 0.3) is 0 Å². The molecule has 1 saturated heterocycles. The lowest BCUT2D eigenvalue weighted by molar-refractivity contribution is 0.163. The minimum absolute atomic E-state index is 0. The fraction of sp³-hybridized carbons (Fsp3) is 0.684. The normalized spacial score (nSPS) is 16.0. The molecular formula is C19H35Cl2N3. The monoisotopic (exact) mass is 375 g/mol. The van der Waals surface area contributed by atoms with E-state index in [-0.39, 0.29) is 24.8 Å². The van der Waals surface area contributed by atoms with Crippen molar-refractivity contribution >= 4 is 30.5 Å². The third-order valence-corrected chi connectivity index (χ3v) is 4.83. The molecule has 1 atom stereocenters. The van der Waals surface area contributed by atoms with Crippen LogP contribution in [0.2, 0.25) is 0 Å². The van der Waals surface area contributed by atoms with Gasteiger partial charge in [0.15, 0.2) is 0 Å². The molecule has 1 aromatic rings. The number of anilines is 1. The maximum atomic E-state index is 3.47. The standard InChI is InChI=1S/C19H33N3.2ClH/c1-4-7-8-19(22-15-13-20-14-16-22)17-9-11-18(12-10-17)21(5-2)6-3;;/h9-12,19-20H,4-8,13-16H2,1-3H3;2*1H/t19-;;/m0../s1. The summed E-state index contributed by atoms with van der Waals surface area (Å²) in [6.07, 6.45) is 3.87. The van der Waals surface area contributed by atoms with E-state index in [1.807, 2.05) is 0 Å². The first-order valence-electron chi connectivity index (χ1n) is 9.09. The van der Waals surface area contributed by atoms with Gasteiger partial charge < -0.3 is 10.2 Å². The van der Waals surface area contributed by atoms with Gasteiger partial charge in [0.05, 0.1) is 0 Å². The molecule has 1 fully saturated rings. The zero-order chi connectivity index (χ0) is 15.8. The molecule has 3 nitrogen and oxygen atoms in total. The van der Waals surface area contributed by atoms with Gasteiger partial charge in [0.2, 0.25) is 0 Å². The number of nitrogens with one attached hydrogen (secondary N) is 1. The van der Waals surface area contributed by atoms with Crippen LogP contribution >= 0.6 is 24.8 Å². The summed E-state index contributed by atoms with van der Waals surface area (Å²) in [4.78, 5) is 5.08. The molecular weight excluding hydrogens is 341 g/mol. The fourth-order valence-electron chi connectivity index (χ4n) is 3.45. The smallest absolute Gasteiger partial charge is 0.0366 e. The SMILES string of the molecule is CCCC[C@@H](c1ccc(N(CC)CC)cc1)N1CCNCC1.Cl.Cl. The lowest BCUT2D eigenvalue weighted by atomic mass is 9.98. The van der Waals surface area contributed by atoms with E-state index in [9.17, 15) is 0 Å². The second-order valence-corrected chi connectivity index (χ2v) is 6.21. The molecule has 0 spiro atoms. The first-order valence-corrected chi connectivity index (χ1v) is 9.09. The van der Waals surface area contributed by atoms with Crippen molar-refractivity contribution in [3.8, 4) is 0 Å². The highest BCUT2D eigenvalue weighted by Gasteiger charge is 2.21. The quantitative estimate of drug-likeness (QED) is 0.720. The molecule has 0 saturated carbocycles. The molecule has 2 rings (SSSR count). The van der Waals surface area contributed by atoms with Gasteiger partial charge in [-0.25, -0.2) is 0 Å². The number of hydrogen-bond acceptors (Lipinski definition) is 3. The Morgan fingerprint density at radius 3 is 2.08 bits per heavy atom. The first-order chi connectivity index (χ1) is 10.8. The van der Waals surface area contributed by atoms with Crippen LogP contribution in [0.4, 0.5) is 5.69 Å². The lowest BCUT2D eigenvalue weighted by Gasteiger charge is -2.35. The van der Waals surface area contributed by atoms with E-state index >= 15 is 0 Å². The van der Waals surface area contributed by atoms with Gasteiger partial charge in [-0.3, -0.25) is 4.90 Å². The van der Waals surface area contributed by atoms with Crippen LogP contribution in [-0.2, 0) is 0 Å². The average Bonchev–Trinajstić information content (AvgIpc) is 2.58. The minimum Gasteiger partial charge on any atom is -0.372 e. The Hall–Kier alpha value is -0.480. The van der Waals surface area contributed by atoms with Crippen LogP contribution in [0, 0.1) is 0 Å². The lowest BCUT2D eigenvalue weighted by Crippen LogP contribution is -2.45. The van der Waals surface area contributed by atoms with Crippen molar-refractivity contribution in [3.63, 3.8) is 0 Å². The predicted octanol–water partition coefficient (Wildman–Crippen LogP) is 4.51. The molecule has 1 aliphatic rings. The van der Waals surface area contributed by atoms with Gasteiger partial charge in [0.25, 0.3) is 0 Å². The third kappa shape index (κ3) is 6.44. The molecule has 1 aliphatic heterocycles. The van der Waals surface area contributed by atoms with Crippen molar-refractivity contribution in [1.29, 1.82) is 0 Å². The number of unbranched alkanes of at least 4 members (excludes halogenated alkanes) is 1. The molecule has 5 heteroatoms. The summed E-state index contributed by atoms with van der Waals surface area (Å²) in [5, 5.41) is 3.47. The molecule has 24 heavy (non-hydrogen) atoms. The van der Waals surface area contributed by atoms with Gasteiger partial charge in [-0.1, -0.05) is 31.9 Å². The summed E-state index contributed by atoms with van der Waals surface area (Å²) >= 11 is 0. The summed E-state index contributed by atoms with van der Waals surface area (Å²) < 4.78 is 0. The molecule has 0 unspecified atom stereocenters. The van der Waals surface area contributed by atoms with E-state index in [0.717, 1.165) is 26.2 Å². The van der Waals surface area contributed by atoms with Crippen molar-refractivity contribution < 1.29 is 0 Å². The van der Waals surface area contributed by atoms with Gasteiger partial charge in [-0.2, -0.15) is 0 Å². The molecule has 0 bridgehead atoms. The van der Waals surface area contributed by atoms with E-state index < -0.39 is 0 Å². The van der Waals surface area contributed by atoms with Crippen molar-refractivity contribution in [2.24, 2.45) is 0 Å². The van der Waals surface area contributed by atoms with Crippen LogP contribution in [0.1, 0.15) is 51.6 Å². The molecule has 0 amide bonds. The van der Waals surface area contributed by atoms with Gasteiger partial charge >= 0.3 is 0 Å². The predicted molar refractivity (Wildman–Crippen MR) is 111 cm³/mol. The zero-order valence-corrected chi connectivity index (χ0v) is 17.1. The fourth-order valence-corrected chi connectivity index (χ4v) is 3.45. The van der Waals surface area contributed by atoms with Crippen molar-refractivity contribution in [1.82, 2.24) is 10.2 Å². The van der Waals surface area contributed by atoms with Gasteiger partial charge in [0, 0.05) is 51.0 Å². The highest BCUT2D eigenvalue weighted by molar-refractivity contribution is 5.85. The maximum Gasteiger partial charge on any atom is 0.0366 e. The Morgan fingerprint density at radius 2 is 1.58 bits per heavy atom. The van der Waals surface area contributed by atoms with Crippen molar-refractivity contribution in [3.05, 3.63) is 29.8 Å². The number of hydrogen-bond donors (Lipinski definition) is 1. The summed E-state index contributed by atoms with van der Waals surface area (Å²) in [6.45, 7) is 13.5. The van der Waals surface area contributed by atoms with Crippen molar-refractivity contribution in [2.45, 2.75) is 46.1 Å². The largest absolute Gasteiger partial charge is 0.372 e. The third-order valence-electron chi connectivity index (χ3n) is 4.83. The van der Waals surface area contributed by atoms with Crippen molar-refractivity contribution in [2.75, 3.05) is 44.2 Å². The van der Waals surface area contributed by atoms with Crippen LogP contribution in [0.15, 0.2) is 24.3 Å². The molecule has 0 radical (unpaired) electrons. The second kappa shape index (κ2) is 12.8. The highest BCUT2D eigenvalue weighted by atomic mass is 35.5. The summed E-state index contributed by atoms with van der Waals surface area (Å²) in [7, 11) is 0. The molecule has 1 aromatic carbocycles. The summed E-state index contributed by atoms with van der Waals surface area (Å²) in [6, 6.07) is 9.92. The van der Waals surface area contributed by atoms with Gasteiger partial charge in [-0.05, 0) is 38.0 Å². The zero-order valence-electron chi connectivity index (χ0n) is 15.5. The number of halogens is 2. The molecule has 140 valence electrons. The summed E-state index contributed by atoms with van der Waals surface area (Å²) in [5.41, 5.74) is 2.84. The van der Waals surface area contributed by atoms with Crippen LogP contribution in [0.5, 0.6) is 0 Å². The van der Waals surface area contributed by atoms with Gasteiger partial charge in [-0.15, -0.1) is 24.8 Å².